The van der Waals surface area contributed by atoms with Crippen molar-refractivity contribution in [3.05, 3.63) is 106 Å². The quantitative estimate of drug-likeness (QED) is 0.339. The number of fused-ring (bicyclic) bond motifs is 1. The number of carbonyl (C=O) groups is 1. The minimum atomic E-state index is 0.0622. The number of hydrogen-bond donors (Lipinski definition) is 1. The molecule has 4 nitrogen and oxygen atoms in total. The standard InChI is InChI=1S/C30H32ClN3O/c1-22-10-12-23(13-11-22)20-34-27(18-25-6-3-5-9-29(25)34)21-33-16-14-24(15-17-33)30(35)32-19-26-7-2-4-8-28(26)31/h2-13,18,24H,14-17,19-21H2,1H3,(H,32,35). The van der Waals surface area contributed by atoms with Gasteiger partial charge in [-0.1, -0.05) is 77.8 Å². The van der Waals surface area contributed by atoms with Crippen molar-refractivity contribution in [2.75, 3.05) is 13.1 Å². The highest BCUT2D eigenvalue weighted by molar-refractivity contribution is 6.31. The third-order valence-corrected chi connectivity index (χ3v) is 7.48. The second-order valence-corrected chi connectivity index (χ2v) is 10.0. The molecule has 4 aromatic rings. The van der Waals surface area contributed by atoms with Gasteiger partial charge in [-0.05, 0) is 67.6 Å². The monoisotopic (exact) mass is 485 g/mol. The maximum Gasteiger partial charge on any atom is 0.223 e. The number of aryl methyl sites for hydroxylation is 1. The summed E-state index contributed by atoms with van der Waals surface area (Å²) in [6.07, 6.45) is 1.76. The number of amides is 1. The minimum absolute atomic E-state index is 0.0622. The Kier molecular flexibility index (Phi) is 7.21. The second-order valence-electron chi connectivity index (χ2n) is 9.63. The van der Waals surface area contributed by atoms with Crippen LogP contribution in [0.2, 0.25) is 5.02 Å². The van der Waals surface area contributed by atoms with Crippen LogP contribution in [0.3, 0.4) is 0 Å². The van der Waals surface area contributed by atoms with Crippen LogP contribution in [0, 0.1) is 12.8 Å². The summed E-state index contributed by atoms with van der Waals surface area (Å²) in [5.41, 5.74) is 6.16. The highest BCUT2D eigenvalue weighted by Crippen LogP contribution is 2.25. The van der Waals surface area contributed by atoms with Gasteiger partial charge in [0.1, 0.15) is 0 Å². The average Bonchev–Trinajstić information content (AvgIpc) is 3.22. The molecule has 35 heavy (non-hydrogen) atoms. The maximum atomic E-state index is 12.8. The number of aromatic nitrogens is 1. The van der Waals surface area contributed by atoms with E-state index in [0.29, 0.717) is 11.6 Å². The molecular formula is C30H32ClN3O. The van der Waals surface area contributed by atoms with Gasteiger partial charge in [-0.2, -0.15) is 0 Å². The van der Waals surface area contributed by atoms with Crippen LogP contribution < -0.4 is 5.32 Å². The number of likely N-dealkylation sites (tertiary alicyclic amines) is 1. The fourth-order valence-corrected chi connectivity index (χ4v) is 5.21. The van der Waals surface area contributed by atoms with Crippen molar-refractivity contribution in [1.82, 2.24) is 14.8 Å². The molecule has 0 unspecified atom stereocenters. The minimum Gasteiger partial charge on any atom is -0.352 e. The molecule has 0 spiro atoms. The first-order chi connectivity index (χ1) is 17.1. The molecule has 1 saturated heterocycles. The summed E-state index contributed by atoms with van der Waals surface area (Å²) in [5, 5.41) is 5.06. The van der Waals surface area contributed by atoms with Gasteiger partial charge in [-0.25, -0.2) is 0 Å². The number of nitrogens with one attached hydrogen (secondary N) is 1. The molecule has 1 aromatic heterocycles. The molecule has 3 aromatic carbocycles. The molecule has 0 aliphatic carbocycles. The summed E-state index contributed by atoms with van der Waals surface area (Å²) in [4.78, 5) is 15.3. The SMILES string of the molecule is Cc1ccc(Cn2c(CN3CCC(C(=O)NCc4ccccc4Cl)CC3)cc3ccccc32)cc1. The Hall–Kier alpha value is -3.08. The molecule has 5 rings (SSSR count). The van der Waals surface area contributed by atoms with Crippen molar-refractivity contribution >= 4 is 28.4 Å². The fourth-order valence-electron chi connectivity index (χ4n) is 5.01. The van der Waals surface area contributed by atoms with Crippen molar-refractivity contribution in [2.24, 2.45) is 5.92 Å². The Morgan fingerprint density at radius 2 is 1.66 bits per heavy atom. The van der Waals surface area contributed by atoms with Crippen molar-refractivity contribution in [1.29, 1.82) is 0 Å². The number of hydrogen-bond acceptors (Lipinski definition) is 2. The van der Waals surface area contributed by atoms with Crippen molar-refractivity contribution in [3.63, 3.8) is 0 Å². The summed E-state index contributed by atoms with van der Waals surface area (Å²) < 4.78 is 2.45. The highest BCUT2D eigenvalue weighted by Gasteiger charge is 2.25. The lowest BCUT2D eigenvalue weighted by molar-refractivity contribution is -0.126. The van der Waals surface area contributed by atoms with Crippen molar-refractivity contribution < 1.29 is 4.79 Å². The first kappa shape index (κ1) is 23.7. The summed E-state index contributed by atoms with van der Waals surface area (Å²) in [7, 11) is 0. The molecule has 1 aliphatic rings. The van der Waals surface area contributed by atoms with E-state index in [1.165, 1.54) is 27.7 Å². The topological polar surface area (TPSA) is 37.3 Å². The van der Waals surface area contributed by atoms with Crippen molar-refractivity contribution in [2.45, 2.75) is 39.4 Å². The Morgan fingerprint density at radius 3 is 2.43 bits per heavy atom. The molecular weight excluding hydrogens is 454 g/mol. The molecule has 5 heteroatoms. The zero-order valence-corrected chi connectivity index (χ0v) is 21.0. The molecule has 1 fully saturated rings. The molecule has 0 atom stereocenters. The molecule has 0 saturated carbocycles. The van der Waals surface area contributed by atoms with E-state index in [4.69, 9.17) is 11.6 Å². The molecule has 1 aliphatic heterocycles. The third kappa shape index (κ3) is 5.61. The molecule has 0 bridgehead atoms. The smallest absolute Gasteiger partial charge is 0.223 e. The van der Waals surface area contributed by atoms with Crippen LogP contribution in [0.1, 0.15) is 35.2 Å². The van der Waals surface area contributed by atoms with E-state index in [2.05, 4.69) is 76.3 Å². The molecule has 180 valence electrons. The van der Waals surface area contributed by atoms with Gasteiger partial charge in [0.05, 0.1) is 0 Å². The largest absolute Gasteiger partial charge is 0.352 e. The summed E-state index contributed by atoms with van der Waals surface area (Å²) in [6.45, 7) is 6.23. The van der Waals surface area contributed by atoms with E-state index >= 15 is 0 Å². The first-order valence-corrected chi connectivity index (χ1v) is 12.8. The lowest BCUT2D eigenvalue weighted by atomic mass is 9.95. The predicted molar refractivity (Wildman–Crippen MR) is 144 cm³/mol. The maximum absolute atomic E-state index is 12.8. The number of rotatable bonds is 7. The van der Waals surface area contributed by atoms with Gasteiger partial charge < -0.3 is 9.88 Å². The van der Waals surface area contributed by atoms with Crippen LogP contribution in [0.5, 0.6) is 0 Å². The van der Waals surface area contributed by atoms with Gasteiger partial charge in [0.15, 0.2) is 0 Å². The number of carbonyl (C=O) groups excluding carboxylic acids is 1. The molecule has 2 heterocycles. The Balaban J connectivity index is 1.22. The van der Waals surface area contributed by atoms with Crippen LogP contribution in [-0.2, 0) is 24.4 Å². The van der Waals surface area contributed by atoms with Gasteiger partial charge in [-0.3, -0.25) is 9.69 Å². The number of piperidine rings is 1. The van der Waals surface area contributed by atoms with Crippen LogP contribution in [0.25, 0.3) is 10.9 Å². The molecule has 0 radical (unpaired) electrons. The summed E-state index contributed by atoms with van der Waals surface area (Å²) in [6, 6.07) is 27.4. The fraction of sp³-hybridized carbons (Fsp3) is 0.300. The number of para-hydroxylation sites is 1. The van der Waals surface area contributed by atoms with E-state index in [1.54, 1.807) is 0 Å². The predicted octanol–water partition coefficient (Wildman–Crippen LogP) is 6.18. The van der Waals surface area contributed by atoms with Gasteiger partial charge in [-0.15, -0.1) is 0 Å². The first-order valence-electron chi connectivity index (χ1n) is 12.4. The van der Waals surface area contributed by atoms with E-state index in [0.717, 1.165) is 44.6 Å². The average molecular weight is 486 g/mol. The van der Waals surface area contributed by atoms with Crippen LogP contribution in [-0.4, -0.2) is 28.5 Å². The number of nitrogens with zero attached hydrogens (tertiary/aromatic N) is 2. The van der Waals surface area contributed by atoms with E-state index in [1.807, 2.05) is 24.3 Å². The van der Waals surface area contributed by atoms with Gasteiger partial charge in [0.2, 0.25) is 5.91 Å². The second kappa shape index (κ2) is 10.7. The zero-order chi connectivity index (χ0) is 24.2. The molecule has 1 N–H and O–H groups in total. The van der Waals surface area contributed by atoms with Crippen LogP contribution in [0.15, 0.2) is 78.9 Å². The van der Waals surface area contributed by atoms with Crippen LogP contribution in [0.4, 0.5) is 0 Å². The normalized spacial score (nSPS) is 14.9. The highest BCUT2D eigenvalue weighted by atomic mass is 35.5. The Labute approximate surface area is 212 Å². The lowest BCUT2D eigenvalue weighted by Gasteiger charge is -2.31. The lowest BCUT2D eigenvalue weighted by Crippen LogP contribution is -2.40. The van der Waals surface area contributed by atoms with Gasteiger partial charge >= 0.3 is 0 Å². The Bertz CT molecular complexity index is 1300. The Morgan fingerprint density at radius 1 is 0.943 bits per heavy atom. The van der Waals surface area contributed by atoms with E-state index < -0.39 is 0 Å². The molecule has 1 amide bonds. The van der Waals surface area contributed by atoms with Crippen molar-refractivity contribution in [3.8, 4) is 0 Å². The third-order valence-electron chi connectivity index (χ3n) is 7.11. The number of benzene rings is 3. The summed E-state index contributed by atoms with van der Waals surface area (Å²) >= 11 is 6.23. The van der Waals surface area contributed by atoms with E-state index in [-0.39, 0.29) is 11.8 Å². The summed E-state index contributed by atoms with van der Waals surface area (Å²) in [5.74, 6) is 0.199. The zero-order valence-electron chi connectivity index (χ0n) is 20.2. The van der Waals surface area contributed by atoms with Gasteiger partial charge in [0, 0.05) is 41.8 Å². The van der Waals surface area contributed by atoms with E-state index in [9.17, 15) is 4.79 Å². The van der Waals surface area contributed by atoms with Crippen LogP contribution >= 0.6 is 11.6 Å². The number of halogens is 1. The van der Waals surface area contributed by atoms with Gasteiger partial charge in [0.25, 0.3) is 0 Å².